The molecule has 0 bridgehead atoms. The van der Waals surface area contributed by atoms with E-state index in [-0.39, 0.29) is 6.61 Å². The highest BCUT2D eigenvalue weighted by Crippen LogP contribution is 2.21. The SMILES string of the molecule is CC(C)(C)OC(=O)Nc1ccc(C(=O)OCc2cc(-c3ccco3)on2)cc1. The van der Waals surface area contributed by atoms with Crippen LogP contribution >= 0.6 is 0 Å². The van der Waals surface area contributed by atoms with Crippen molar-refractivity contribution in [3.05, 3.63) is 60.0 Å². The lowest BCUT2D eigenvalue weighted by Crippen LogP contribution is -2.27. The van der Waals surface area contributed by atoms with Crippen molar-refractivity contribution in [1.82, 2.24) is 5.16 Å². The topological polar surface area (TPSA) is 104 Å². The molecule has 1 N–H and O–H groups in total. The highest BCUT2D eigenvalue weighted by molar-refractivity contribution is 5.91. The van der Waals surface area contributed by atoms with Crippen molar-refractivity contribution in [1.29, 1.82) is 0 Å². The molecule has 0 saturated carbocycles. The Morgan fingerprint density at radius 2 is 1.86 bits per heavy atom. The maximum Gasteiger partial charge on any atom is 0.412 e. The number of ether oxygens (including phenoxy) is 2. The lowest BCUT2D eigenvalue weighted by atomic mass is 10.2. The third-order valence-corrected chi connectivity index (χ3v) is 3.44. The minimum absolute atomic E-state index is 0.0407. The number of nitrogens with one attached hydrogen (secondary N) is 1. The van der Waals surface area contributed by atoms with Gasteiger partial charge in [0, 0.05) is 11.8 Å². The number of hydrogen-bond acceptors (Lipinski definition) is 7. The fourth-order valence-electron chi connectivity index (χ4n) is 2.25. The molecule has 0 atom stereocenters. The smallest absolute Gasteiger partial charge is 0.412 e. The molecule has 0 radical (unpaired) electrons. The highest BCUT2D eigenvalue weighted by atomic mass is 16.6. The van der Waals surface area contributed by atoms with E-state index in [4.69, 9.17) is 18.4 Å². The molecule has 8 nitrogen and oxygen atoms in total. The van der Waals surface area contributed by atoms with Crippen molar-refractivity contribution in [3.8, 4) is 11.5 Å². The number of hydrogen-bond donors (Lipinski definition) is 1. The van der Waals surface area contributed by atoms with E-state index in [1.165, 1.54) is 6.26 Å². The van der Waals surface area contributed by atoms with Gasteiger partial charge < -0.3 is 18.4 Å². The Morgan fingerprint density at radius 3 is 2.50 bits per heavy atom. The minimum Gasteiger partial charge on any atom is -0.461 e. The maximum absolute atomic E-state index is 12.2. The number of furan rings is 1. The quantitative estimate of drug-likeness (QED) is 0.639. The minimum atomic E-state index is -0.592. The summed E-state index contributed by atoms with van der Waals surface area (Å²) in [5.74, 6) is 0.470. The molecule has 1 amide bonds. The summed E-state index contributed by atoms with van der Waals surface area (Å²) in [6, 6.07) is 11.4. The first-order valence-corrected chi connectivity index (χ1v) is 8.57. The van der Waals surface area contributed by atoms with Crippen LogP contribution in [-0.4, -0.2) is 22.8 Å². The molecule has 2 heterocycles. The first kappa shape index (κ1) is 19.2. The van der Waals surface area contributed by atoms with Gasteiger partial charge in [-0.2, -0.15) is 0 Å². The molecule has 3 rings (SSSR count). The van der Waals surface area contributed by atoms with Crippen molar-refractivity contribution in [2.45, 2.75) is 33.0 Å². The number of nitrogens with zero attached hydrogens (tertiary/aromatic N) is 1. The van der Waals surface area contributed by atoms with Crippen LogP contribution in [0.25, 0.3) is 11.5 Å². The van der Waals surface area contributed by atoms with Gasteiger partial charge in [0.05, 0.1) is 11.8 Å². The van der Waals surface area contributed by atoms with Gasteiger partial charge in [-0.3, -0.25) is 5.32 Å². The van der Waals surface area contributed by atoms with Crippen LogP contribution in [0.4, 0.5) is 10.5 Å². The number of carbonyl (C=O) groups is 2. The van der Waals surface area contributed by atoms with E-state index in [1.807, 2.05) is 0 Å². The molecule has 0 unspecified atom stereocenters. The lowest BCUT2D eigenvalue weighted by molar-refractivity contribution is 0.0464. The summed E-state index contributed by atoms with van der Waals surface area (Å²) in [6.07, 6.45) is 0.958. The third-order valence-electron chi connectivity index (χ3n) is 3.44. The molecule has 3 aromatic rings. The Balaban J connectivity index is 1.53. The number of aromatic nitrogens is 1. The number of amides is 1. The average molecular weight is 384 g/mol. The zero-order valence-corrected chi connectivity index (χ0v) is 15.7. The van der Waals surface area contributed by atoms with Gasteiger partial charge in [0.25, 0.3) is 0 Å². The Kier molecular flexibility index (Phi) is 5.49. The molecule has 0 aliphatic heterocycles. The van der Waals surface area contributed by atoms with Crippen molar-refractivity contribution in [2.24, 2.45) is 0 Å². The number of rotatable bonds is 5. The number of carbonyl (C=O) groups excluding carboxylic acids is 2. The first-order chi connectivity index (χ1) is 13.3. The molecule has 28 heavy (non-hydrogen) atoms. The van der Waals surface area contributed by atoms with Crippen LogP contribution in [0.15, 0.2) is 57.7 Å². The number of anilines is 1. The Labute approximate surface area is 161 Å². The van der Waals surface area contributed by atoms with E-state index < -0.39 is 17.7 Å². The summed E-state index contributed by atoms with van der Waals surface area (Å²) >= 11 is 0. The molecule has 0 saturated heterocycles. The second-order valence-corrected chi connectivity index (χ2v) is 6.94. The van der Waals surface area contributed by atoms with Gasteiger partial charge in [0.15, 0.2) is 5.76 Å². The van der Waals surface area contributed by atoms with Crippen molar-refractivity contribution < 1.29 is 28.0 Å². The molecule has 0 aliphatic carbocycles. The van der Waals surface area contributed by atoms with E-state index >= 15 is 0 Å². The van der Waals surface area contributed by atoms with Crippen LogP contribution in [0.3, 0.4) is 0 Å². The molecule has 0 aliphatic rings. The molecular weight excluding hydrogens is 364 g/mol. The van der Waals surface area contributed by atoms with Crippen molar-refractivity contribution in [2.75, 3.05) is 5.32 Å². The van der Waals surface area contributed by atoms with Crippen LogP contribution < -0.4 is 5.32 Å². The molecule has 1 aromatic carbocycles. The Bertz CT molecular complexity index is 936. The molecule has 146 valence electrons. The van der Waals surface area contributed by atoms with Crippen LogP contribution in [0.1, 0.15) is 36.8 Å². The van der Waals surface area contributed by atoms with Crippen molar-refractivity contribution >= 4 is 17.7 Å². The monoisotopic (exact) mass is 384 g/mol. The fourth-order valence-corrected chi connectivity index (χ4v) is 2.25. The number of esters is 1. The van der Waals surface area contributed by atoms with Crippen LogP contribution in [0, 0.1) is 0 Å². The Hall–Kier alpha value is -3.55. The van der Waals surface area contributed by atoms with Gasteiger partial charge in [-0.05, 0) is 57.2 Å². The summed E-state index contributed by atoms with van der Waals surface area (Å²) in [7, 11) is 0. The zero-order valence-electron chi connectivity index (χ0n) is 15.7. The average Bonchev–Trinajstić information content (AvgIpc) is 3.30. The van der Waals surface area contributed by atoms with Crippen LogP contribution in [0.5, 0.6) is 0 Å². The summed E-state index contributed by atoms with van der Waals surface area (Å²) < 4.78 is 20.8. The molecule has 0 fully saturated rings. The van der Waals surface area contributed by atoms with Gasteiger partial charge in [0.2, 0.25) is 5.76 Å². The van der Waals surface area contributed by atoms with Gasteiger partial charge in [-0.1, -0.05) is 5.16 Å². The van der Waals surface area contributed by atoms with Gasteiger partial charge in [0.1, 0.15) is 17.9 Å². The predicted molar refractivity (Wildman–Crippen MR) is 99.6 cm³/mol. The van der Waals surface area contributed by atoms with Gasteiger partial charge in [-0.25, -0.2) is 9.59 Å². The molecule has 2 aromatic heterocycles. The molecular formula is C20H20N2O6. The largest absolute Gasteiger partial charge is 0.461 e. The number of benzene rings is 1. The summed E-state index contributed by atoms with van der Waals surface area (Å²) in [5, 5.41) is 6.43. The van der Waals surface area contributed by atoms with Gasteiger partial charge >= 0.3 is 12.1 Å². The third kappa shape index (κ3) is 5.23. The molecule has 0 spiro atoms. The van der Waals surface area contributed by atoms with E-state index in [2.05, 4.69) is 10.5 Å². The highest BCUT2D eigenvalue weighted by Gasteiger charge is 2.17. The molecule has 8 heteroatoms. The second-order valence-electron chi connectivity index (χ2n) is 6.94. The second kappa shape index (κ2) is 7.99. The van der Waals surface area contributed by atoms with Crippen LogP contribution in [-0.2, 0) is 16.1 Å². The summed E-state index contributed by atoms with van der Waals surface area (Å²) in [6.45, 7) is 5.29. The standard InChI is InChI=1S/C20H20N2O6/c1-20(2,3)27-19(24)21-14-8-6-13(7-9-14)18(23)26-12-15-11-17(28-22-15)16-5-4-10-25-16/h4-11H,12H2,1-3H3,(H,21,24). The Morgan fingerprint density at radius 1 is 1.11 bits per heavy atom. The van der Waals surface area contributed by atoms with Crippen molar-refractivity contribution in [3.63, 3.8) is 0 Å². The van der Waals surface area contributed by atoms with Crippen LogP contribution in [0.2, 0.25) is 0 Å². The predicted octanol–water partition coefficient (Wildman–Crippen LogP) is 4.64. The van der Waals surface area contributed by atoms with E-state index in [9.17, 15) is 9.59 Å². The maximum atomic E-state index is 12.2. The van der Waals surface area contributed by atoms with E-state index in [0.29, 0.717) is 28.5 Å². The van der Waals surface area contributed by atoms with E-state index in [0.717, 1.165) is 0 Å². The summed E-state index contributed by atoms with van der Waals surface area (Å²) in [5.41, 5.74) is 0.712. The summed E-state index contributed by atoms with van der Waals surface area (Å²) in [4.78, 5) is 23.9. The zero-order chi connectivity index (χ0) is 20.1. The van der Waals surface area contributed by atoms with Gasteiger partial charge in [-0.15, -0.1) is 0 Å². The lowest BCUT2D eigenvalue weighted by Gasteiger charge is -2.19. The fraction of sp³-hybridized carbons (Fsp3) is 0.250. The first-order valence-electron chi connectivity index (χ1n) is 8.57. The van der Waals surface area contributed by atoms with E-state index in [1.54, 1.807) is 63.2 Å². The normalized spacial score (nSPS) is 11.1.